The fraction of sp³-hybridized carbons (Fsp3) is 0.280. The second-order valence-corrected chi connectivity index (χ2v) is 8.50. The molecule has 0 radical (unpaired) electrons. The number of H-pyrrole nitrogens is 1. The fourth-order valence-corrected chi connectivity index (χ4v) is 5.45. The molecule has 158 valence electrons. The van der Waals surface area contributed by atoms with Crippen molar-refractivity contribution in [1.29, 1.82) is 0 Å². The molecule has 2 aliphatic heterocycles. The minimum atomic E-state index is -0.784. The molecule has 0 bridgehead atoms. The number of rotatable bonds is 5. The molecule has 0 spiro atoms. The standard InChI is InChI=1S/C25H26N4O2/c1-4-22(28(2)3)25(15-27-21-12-8-6-10-19(21)25)29-23(30)13-17(24(29)31)18-14-26-20-11-7-5-9-16(18)20/h5-14,22,26-27H,4,15H2,1-3H3. The maximum atomic E-state index is 13.9. The zero-order valence-electron chi connectivity index (χ0n) is 18.0. The predicted molar refractivity (Wildman–Crippen MR) is 123 cm³/mol. The summed E-state index contributed by atoms with van der Waals surface area (Å²) in [4.78, 5) is 34.2. The van der Waals surface area contributed by atoms with Crippen LogP contribution in [0.15, 0.2) is 60.8 Å². The Kier molecular flexibility index (Phi) is 4.48. The first kappa shape index (κ1) is 19.6. The van der Waals surface area contributed by atoms with Gasteiger partial charge in [0.05, 0.1) is 5.57 Å². The number of aromatic nitrogens is 1. The Hall–Kier alpha value is -3.38. The van der Waals surface area contributed by atoms with Gasteiger partial charge in [0.25, 0.3) is 11.8 Å². The van der Waals surface area contributed by atoms with Gasteiger partial charge in [-0.3, -0.25) is 14.5 Å². The van der Waals surface area contributed by atoms with Crippen molar-refractivity contribution in [2.24, 2.45) is 0 Å². The van der Waals surface area contributed by atoms with Crippen LogP contribution in [0.2, 0.25) is 0 Å². The Morgan fingerprint density at radius 2 is 1.84 bits per heavy atom. The number of carbonyl (C=O) groups is 2. The van der Waals surface area contributed by atoms with Crippen molar-refractivity contribution in [3.63, 3.8) is 0 Å². The van der Waals surface area contributed by atoms with Crippen LogP contribution < -0.4 is 5.32 Å². The van der Waals surface area contributed by atoms with E-state index < -0.39 is 5.54 Å². The largest absolute Gasteiger partial charge is 0.382 e. The number of nitrogens with zero attached hydrogens (tertiary/aromatic N) is 2. The molecule has 0 saturated carbocycles. The third-order valence-corrected chi connectivity index (χ3v) is 6.70. The molecule has 0 aliphatic carbocycles. The van der Waals surface area contributed by atoms with Crippen LogP contribution in [0.3, 0.4) is 0 Å². The minimum absolute atomic E-state index is 0.0349. The van der Waals surface area contributed by atoms with Gasteiger partial charge in [-0.1, -0.05) is 43.3 Å². The number of benzene rings is 2. The minimum Gasteiger partial charge on any atom is -0.382 e. The van der Waals surface area contributed by atoms with Crippen LogP contribution in [-0.4, -0.2) is 53.3 Å². The highest BCUT2D eigenvalue weighted by atomic mass is 16.2. The molecule has 2 aliphatic rings. The molecule has 31 heavy (non-hydrogen) atoms. The number of hydrogen-bond donors (Lipinski definition) is 2. The highest BCUT2D eigenvalue weighted by Gasteiger charge is 2.56. The molecule has 2 N–H and O–H groups in total. The predicted octanol–water partition coefficient (Wildman–Crippen LogP) is 3.58. The van der Waals surface area contributed by atoms with Gasteiger partial charge in [0, 0.05) is 52.6 Å². The van der Waals surface area contributed by atoms with Gasteiger partial charge >= 0.3 is 0 Å². The van der Waals surface area contributed by atoms with Crippen molar-refractivity contribution >= 4 is 34.0 Å². The SMILES string of the molecule is CCC(N(C)C)C1(N2C(=O)C=C(c3c[nH]c4ccccc34)C2=O)CNc2ccccc21. The molecule has 6 heteroatoms. The second kappa shape index (κ2) is 7.10. The van der Waals surface area contributed by atoms with Crippen LogP contribution >= 0.6 is 0 Å². The lowest BCUT2D eigenvalue weighted by Gasteiger charge is -2.46. The molecular formula is C25H26N4O2. The average Bonchev–Trinajstić information content (AvgIpc) is 3.43. The summed E-state index contributed by atoms with van der Waals surface area (Å²) in [6.45, 7) is 2.60. The maximum absolute atomic E-state index is 13.9. The van der Waals surface area contributed by atoms with Gasteiger partial charge in [0.1, 0.15) is 5.54 Å². The van der Waals surface area contributed by atoms with Gasteiger partial charge < -0.3 is 15.2 Å². The van der Waals surface area contributed by atoms with Crippen LogP contribution in [-0.2, 0) is 15.1 Å². The van der Waals surface area contributed by atoms with E-state index in [9.17, 15) is 9.59 Å². The van der Waals surface area contributed by atoms with E-state index in [1.54, 1.807) is 0 Å². The van der Waals surface area contributed by atoms with Crippen molar-refractivity contribution in [3.8, 4) is 0 Å². The summed E-state index contributed by atoms with van der Waals surface area (Å²) in [5.74, 6) is -0.502. The van der Waals surface area contributed by atoms with E-state index in [1.165, 1.54) is 11.0 Å². The number of fused-ring (bicyclic) bond motifs is 2. The number of carbonyl (C=O) groups excluding carboxylic acids is 2. The summed E-state index contributed by atoms with van der Waals surface area (Å²) in [7, 11) is 4.02. The number of para-hydroxylation sites is 2. The Labute approximate surface area is 181 Å². The Bertz CT molecular complexity index is 1220. The van der Waals surface area contributed by atoms with E-state index in [0.29, 0.717) is 12.1 Å². The molecular weight excluding hydrogens is 388 g/mol. The summed E-state index contributed by atoms with van der Waals surface area (Å²) >= 11 is 0. The molecule has 0 fully saturated rings. The molecule has 3 aromatic rings. The van der Waals surface area contributed by atoms with Crippen LogP contribution in [0.4, 0.5) is 5.69 Å². The van der Waals surface area contributed by atoms with Gasteiger partial charge in [0.15, 0.2) is 0 Å². The molecule has 2 unspecified atom stereocenters. The molecule has 3 heterocycles. The van der Waals surface area contributed by atoms with Crippen molar-refractivity contribution in [1.82, 2.24) is 14.8 Å². The molecule has 0 saturated heterocycles. The second-order valence-electron chi connectivity index (χ2n) is 8.50. The van der Waals surface area contributed by atoms with Crippen LogP contribution in [0.5, 0.6) is 0 Å². The quantitative estimate of drug-likeness (QED) is 0.626. The summed E-state index contributed by atoms with van der Waals surface area (Å²) in [5.41, 5.74) is 3.34. The number of imide groups is 1. The Morgan fingerprint density at radius 3 is 2.61 bits per heavy atom. The monoisotopic (exact) mass is 414 g/mol. The molecule has 5 rings (SSSR count). The lowest BCUT2D eigenvalue weighted by Crippen LogP contribution is -2.61. The van der Waals surface area contributed by atoms with E-state index in [4.69, 9.17) is 0 Å². The van der Waals surface area contributed by atoms with E-state index in [0.717, 1.165) is 34.1 Å². The zero-order chi connectivity index (χ0) is 21.8. The lowest BCUT2D eigenvalue weighted by molar-refractivity contribution is -0.146. The van der Waals surface area contributed by atoms with Gasteiger partial charge in [-0.2, -0.15) is 0 Å². The summed E-state index contributed by atoms with van der Waals surface area (Å²) in [5, 5.41) is 4.40. The van der Waals surface area contributed by atoms with E-state index in [-0.39, 0.29) is 17.9 Å². The number of amides is 2. The third kappa shape index (κ3) is 2.68. The van der Waals surface area contributed by atoms with Crippen LogP contribution in [0.1, 0.15) is 24.5 Å². The summed E-state index contributed by atoms with van der Waals surface area (Å²) in [6.07, 6.45) is 4.12. The van der Waals surface area contributed by atoms with Crippen LogP contribution in [0, 0.1) is 0 Å². The summed E-state index contributed by atoms with van der Waals surface area (Å²) < 4.78 is 0. The first-order valence-electron chi connectivity index (χ1n) is 10.7. The number of nitrogens with one attached hydrogen (secondary N) is 2. The van der Waals surface area contributed by atoms with Crippen LogP contribution in [0.25, 0.3) is 16.5 Å². The molecule has 1 aromatic heterocycles. The highest BCUT2D eigenvalue weighted by molar-refractivity contribution is 6.35. The topological polar surface area (TPSA) is 68.4 Å². The van der Waals surface area contributed by atoms with E-state index in [1.807, 2.05) is 68.8 Å². The molecule has 6 nitrogen and oxygen atoms in total. The fourth-order valence-electron chi connectivity index (χ4n) is 5.45. The zero-order valence-corrected chi connectivity index (χ0v) is 18.0. The lowest BCUT2D eigenvalue weighted by atomic mass is 9.80. The van der Waals surface area contributed by atoms with Crippen molar-refractivity contribution in [3.05, 3.63) is 71.9 Å². The Balaban J connectivity index is 1.66. The summed E-state index contributed by atoms with van der Waals surface area (Å²) in [6, 6.07) is 15.8. The third-order valence-electron chi connectivity index (χ3n) is 6.70. The van der Waals surface area contributed by atoms with Crippen molar-refractivity contribution in [2.75, 3.05) is 26.0 Å². The normalized spacial score (nSPS) is 21.5. The van der Waals surface area contributed by atoms with Gasteiger partial charge in [-0.25, -0.2) is 0 Å². The number of aromatic amines is 1. The van der Waals surface area contributed by atoms with Crippen molar-refractivity contribution < 1.29 is 9.59 Å². The Morgan fingerprint density at radius 1 is 1.10 bits per heavy atom. The molecule has 2 aromatic carbocycles. The number of likely N-dealkylation sites (N-methyl/N-ethyl adjacent to an activating group) is 1. The van der Waals surface area contributed by atoms with E-state index in [2.05, 4.69) is 22.1 Å². The molecule has 2 amide bonds. The first-order chi connectivity index (χ1) is 15.0. The van der Waals surface area contributed by atoms with Gasteiger partial charge in [-0.15, -0.1) is 0 Å². The number of anilines is 1. The maximum Gasteiger partial charge on any atom is 0.262 e. The van der Waals surface area contributed by atoms with Gasteiger partial charge in [0.2, 0.25) is 0 Å². The number of hydrogen-bond acceptors (Lipinski definition) is 4. The molecule has 2 atom stereocenters. The average molecular weight is 415 g/mol. The van der Waals surface area contributed by atoms with Gasteiger partial charge in [-0.05, 0) is 32.6 Å². The van der Waals surface area contributed by atoms with Crippen molar-refractivity contribution in [2.45, 2.75) is 24.9 Å². The smallest absolute Gasteiger partial charge is 0.262 e. The highest BCUT2D eigenvalue weighted by Crippen LogP contribution is 2.47. The van der Waals surface area contributed by atoms with E-state index >= 15 is 0 Å². The first-order valence-corrected chi connectivity index (χ1v) is 10.7.